The quantitative estimate of drug-likeness (QED) is 0.580. The molecule has 0 spiro atoms. The highest BCUT2D eigenvalue weighted by atomic mass is 32.2. The molecule has 150 valence electrons. The van der Waals surface area contributed by atoms with Gasteiger partial charge in [0.05, 0.1) is 5.75 Å². The number of imide groups is 1. The van der Waals surface area contributed by atoms with Gasteiger partial charge in [-0.15, -0.1) is 10.2 Å². The molecule has 1 aliphatic rings. The first-order chi connectivity index (χ1) is 13.5. The smallest absolute Gasteiger partial charge is 0.321 e. The van der Waals surface area contributed by atoms with Gasteiger partial charge in [-0.05, 0) is 36.5 Å². The summed E-state index contributed by atoms with van der Waals surface area (Å²) in [6.45, 7) is 4.32. The second-order valence-corrected chi connectivity index (χ2v) is 9.27. The van der Waals surface area contributed by atoms with E-state index in [0.29, 0.717) is 15.4 Å². The van der Waals surface area contributed by atoms with E-state index in [1.807, 2.05) is 12.1 Å². The first-order valence-corrected chi connectivity index (χ1v) is 11.2. The van der Waals surface area contributed by atoms with E-state index in [9.17, 15) is 9.59 Å². The molecule has 0 bridgehead atoms. The van der Waals surface area contributed by atoms with Gasteiger partial charge in [0.15, 0.2) is 4.34 Å². The molecule has 0 atom stereocenters. The summed E-state index contributed by atoms with van der Waals surface area (Å²) in [6, 6.07) is 7.98. The van der Waals surface area contributed by atoms with E-state index in [4.69, 9.17) is 0 Å². The molecule has 1 aliphatic carbocycles. The van der Waals surface area contributed by atoms with E-state index in [1.54, 1.807) is 0 Å². The fourth-order valence-electron chi connectivity index (χ4n) is 2.98. The first-order valence-electron chi connectivity index (χ1n) is 9.43. The van der Waals surface area contributed by atoms with Crippen molar-refractivity contribution in [3.05, 3.63) is 29.8 Å². The van der Waals surface area contributed by atoms with Crippen molar-refractivity contribution in [2.45, 2.75) is 55.8 Å². The molecule has 9 heteroatoms. The standard InChI is InChI=1S/C19H25N5O2S2/c1-12(2)13-7-9-15(10-8-13)21-18-23-24-19(28-18)27-11-16(25)22-17(26)20-14-5-3-4-6-14/h7-10,12,14H,3-6,11H2,1-2H3,(H,21,23)(H2,20,22,25,26). The Labute approximate surface area is 173 Å². The summed E-state index contributed by atoms with van der Waals surface area (Å²) in [4.78, 5) is 23.7. The maximum atomic E-state index is 11.9. The molecule has 3 N–H and O–H groups in total. The Bertz CT molecular complexity index is 801. The maximum absolute atomic E-state index is 11.9. The molecule has 3 rings (SSSR count). The Hall–Kier alpha value is -2.13. The zero-order chi connectivity index (χ0) is 19.9. The third kappa shape index (κ3) is 6.20. The number of hydrogen-bond donors (Lipinski definition) is 3. The van der Waals surface area contributed by atoms with Crippen molar-refractivity contribution >= 4 is 45.9 Å². The van der Waals surface area contributed by atoms with Gasteiger partial charge < -0.3 is 10.6 Å². The highest BCUT2D eigenvalue weighted by Crippen LogP contribution is 2.28. The Morgan fingerprint density at radius 1 is 1.18 bits per heavy atom. The first kappa shape index (κ1) is 20.6. The second-order valence-electron chi connectivity index (χ2n) is 7.07. The molecule has 3 amide bonds. The minimum atomic E-state index is -0.415. The van der Waals surface area contributed by atoms with Crippen molar-refractivity contribution in [2.75, 3.05) is 11.1 Å². The van der Waals surface area contributed by atoms with Gasteiger partial charge in [0.25, 0.3) is 0 Å². The van der Waals surface area contributed by atoms with Crippen LogP contribution in [0.25, 0.3) is 0 Å². The van der Waals surface area contributed by atoms with Gasteiger partial charge in [0.1, 0.15) is 0 Å². The Morgan fingerprint density at radius 2 is 1.89 bits per heavy atom. The fourth-order valence-corrected chi connectivity index (χ4v) is 4.55. The van der Waals surface area contributed by atoms with Crippen LogP contribution in [0.2, 0.25) is 0 Å². The predicted octanol–water partition coefficient (Wildman–Crippen LogP) is 4.27. The van der Waals surface area contributed by atoms with E-state index in [2.05, 4.69) is 52.1 Å². The third-order valence-corrected chi connectivity index (χ3v) is 6.48. The molecule has 2 aromatic rings. The van der Waals surface area contributed by atoms with E-state index in [1.165, 1.54) is 28.7 Å². The SMILES string of the molecule is CC(C)c1ccc(Nc2nnc(SCC(=O)NC(=O)NC3CCCC3)s2)cc1. The Balaban J connectivity index is 1.42. The van der Waals surface area contributed by atoms with Crippen molar-refractivity contribution in [1.82, 2.24) is 20.8 Å². The molecule has 0 radical (unpaired) electrons. The maximum Gasteiger partial charge on any atom is 0.321 e. The van der Waals surface area contributed by atoms with Crippen LogP contribution in [0.1, 0.15) is 51.0 Å². The van der Waals surface area contributed by atoms with Gasteiger partial charge in [0, 0.05) is 11.7 Å². The number of benzene rings is 1. The average molecular weight is 420 g/mol. The second kappa shape index (κ2) is 9.88. The van der Waals surface area contributed by atoms with Crippen LogP contribution < -0.4 is 16.0 Å². The number of nitrogens with one attached hydrogen (secondary N) is 3. The van der Waals surface area contributed by atoms with Gasteiger partial charge in [0.2, 0.25) is 11.0 Å². The minimum Gasteiger partial charge on any atom is -0.335 e. The van der Waals surface area contributed by atoms with Gasteiger partial charge in [-0.3, -0.25) is 10.1 Å². The van der Waals surface area contributed by atoms with Crippen molar-refractivity contribution in [3.8, 4) is 0 Å². The Kier molecular flexibility index (Phi) is 7.27. The molecule has 1 aromatic carbocycles. The number of nitrogens with zero attached hydrogens (tertiary/aromatic N) is 2. The lowest BCUT2D eigenvalue weighted by Crippen LogP contribution is -2.44. The lowest BCUT2D eigenvalue weighted by molar-refractivity contribution is -0.117. The summed E-state index contributed by atoms with van der Waals surface area (Å²) in [6.07, 6.45) is 4.22. The van der Waals surface area contributed by atoms with Gasteiger partial charge in [-0.2, -0.15) is 0 Å². The van der Waals surface area contributed by atoms with E-state index in [-0.39, 0.29) is 17.7 Å². The monoisotopic (exact) mass is 419 g/mol. The third-order valence-electron chi connectivity index (χ3n) is 4.51. The summed E-state index contributed by atoms with van der Waals surface area (Å²) in [5, 5.41) is 17.3. The molecule has 1 fully saturated rings. The number of rotatable bonds is 7. The van der Waals surface area contributed by atoms with Gasteiger partial charge >= 0.3 is 6.03 Å². The van der Waals surface area contributed by atoms with Crippen LogP contribution in [0.4, 0.5) is 15.6 Å². The summed E-state index contributed by atoms with van der Waals surface area (Å²) >= 11 is 2.64. The molecule has 28 heavy (non-hydrogen) atoms. The molecule has 0 saturated heterocycles. The number of carbonyl (C=O) groups is 2. The van der Waals surface area contributed by atoms with Crippen LogP contribution in [0.3, 0.4) is 0 Å². The number of carbonyl (C=O) groups excluding carboxylic acids is 2. The summed E-state index contributed by atoms with van der Waals surface area (Å²) in [7, 11) is 0. The highest BCUT2D eigenvalue weighted by Gasteiger charge is 2.18. The minimum absolute atomic E-state index is 0.121. The van der Waals surface area contributed by atoms with Gasteiger partial charge in [-0.25, -0.2) is 4.79 Å². The largest absolute Gasteiger partial charge is 0.335 e. The average Bonchev–Trinajstić information content (AvgIpc) is 3.32. The molecule has 0 unspecified atom stereocenters. The Morgan fingerprint density at radius 3 is 2.57 bits per heavy atom. The number of hydrogen-bond acceptors (Lipinski definition) is 7. The number of anilines is 2. The molecule has 1 saturated carbocycles. The summed E-state index contributed by atoms with van der Waals surface area (Å²) in [5.74, 6) is 0.273. The lowest BCUT2D eigenvalue weighted by Gasteiger charge is -2.11. The lowest BCUT2D eigenvalue weighted by atomic mass is 10.0. The fraction of sp³-hybridized carbons (Fsp3) is 0.474. The predicted molar refractivity (Wildman–Crippen MR) is 113 cm³/mol. The van der Waals surface area contributed by atoms with Crippen LogP contribution in [-0.4, -0.2) is 33.9 Å². The molecule has 7 nitrogen and oxygen atoms in total. The van der Waals surface area contributed by atoms with E-state index < -0.39 is 6.03 Å². The number of urea groups is 1. The zero-order valence-electron chi connectivity index (χ0n) is 16.0. The van der Waals surface area contributed by atoms with E-state index in [0.717, 1.165) is 31.4 Å². The normalized spacial score (nSPS) is 14.2. The number of aromatic nitrogens is 2. The number of thioether (sulfide) groups is 1. The molecule has 1 aromatic heterocycles. The zero-order valence-corrected chi connectivity index (χ0v) is 17.7. The van der Waals surface area contributed by atoms with Gasteiger partial charge in [-0.1, -0.05) is 61.9 Å². The summed E-state index contributed by atoms with van der Waals surface area (Å²) < 4.78 is 0.674. The van der Waals surface area contributed by atoms with Crippen LogP contribution in [0, 0.1) is 0 Å². The van der Waals surface area contributed by atoms with Crippen molar-refractivity contribution in [2.24, 2.45) is 0 Å². The van der Waals surface area contributed by atoms with E-state index >= 15 is 0 Å². The topological polar surface area (TPSA) is 96.0 Å². The highest BCUT2D eigenvalue weighted by molar-refractivity contribution is 8.01. The number of amides is 3. The van der Waals surface area contributed by atoms with Crippen LogP contribution in [0.5, 0.6) is 0 Å². The molecule has 0 aliphatic heterocycles. The van der Waals surface area contributed by atoms with Crippen molar-refractivity contribution in [1.29, 1.82) is 0 Å². The van der Waals surface area contributed by atoms with Crippen molar-refractivity contribution < 1.29 is 9.59 Å². The molecular weight excluding hydrogens is 394 g/mol. The molecule has 1 heterocycles. The van der Waals surface area contributed by atoms with Crippen LogP contribution >= 0.6 is 23.1 Å². The van der Waals surface area contributed by atoms with Crippen molar-refractivity contribution in [3.63, 3.8) is 0 Å². The van der Waals surface area contributed by atoms with Crippen LogP contribution in [-0.2, 0) is 4.79 Å². The summed E-state index contributed by atoms with van der Waals surface area (Å²) in [5.41, 5.74) is 2.22. The van der Waals surface area contributed by atoms with Crippen LogP contribution in [0.15, 0.2) is 28.6 Å². The molecular formula is C19H25N5O2S2.